The van der Waals surface area contributed by atoms with Gasteiger partial charge in [-0.15, -0.1) is 0 Å². The average molecular weight is 360 g/mol. The minimum Gasteiger partial charge on any atom is -0.481 e. The number of rotatable bonds is 4. The molecule has 3 N–H and O–H groups in total. The molecule has 1 aromatic heterocycles. The molecule has 25 heavy (non-hydrogen) atoms. The molecular weight excluding hydrogens is 347 g/mol. The number of carboxylic acid groups (broad SMARTS) is 1. The molecule has 1 unspecified atom stereocenters. The summed E-state index contributed by atoms with van der Waals surface area (Å²) in [6.07, 6.45) is 4.41. The summed E-state index contributed by atoms with van der Waals surface area (Å²) in [4.78, 5) is 14.9. The van der Waals surface area contributed by atoms with Crippen LogP contribution in [0.5, 0.6) is 0 Å². The van der Waals surface area contributed by atoms with E-state index in [-0.39, 0.29) is 4.90 Å². The molecule has 1 aromatic carbocycles. The third-order valence-electron chi connectivity index (χ3n) is 3.80. The highest BCUT2D eigenvalue weighted by atomic mass is 32.2. The van der Waals surface area contributed by atoms with E-state index in [0.29, 0.717) is 22.3 Å². The first-order valence-corrected chi connectivity index (χ1v) is 8.72. The summed E-state index contributed by atoms with van der Waals surface area (Å²) in [5, 5.41) is 14.4. The molecule has 0 bridgehead atoms. The lowest BCUT2D eigenvalue weighted by Crippen LogP contribution is -2.11. The van der Waals surface area contributed by atoms with E-state index in [1.165, 1.54) is 30.5 Å². The summed E-state index contributed by atoms with van der Waals surface area (Å²) in [6.45, 7) is 0. The monoisotopic (exact) mass is 360 g/mol. The molecule has 6 nitrogen and oxygen atoms in total. The molecule has 0 amide bonds. The zero-order chi connectivity index (χ0) is 18.2. The third-order valence-corrected chi connectivity index (χ3v) is 4.73. The van der Waals surface area contributed by atoms with E-state index in [0.717, 1.165) is 0 Å². The average Bonchev–Trinajstić information content (AvgIpc) is 3.00. The van der Waals surface area contributed by atoms with Crippen LogP contribution in [0.3, 0.4) is 0 Å². The highest BCUT2D eigenvalue weighted by Gasteiger charge is 2.25. The zero-order valence-electron chi connectivity index (χ0n) is 12.8. The molecule has 0 aliphatic heterocycles. The molecule has 1 atom stereocenters. The molecule has 128 valence electrons. The van der Waals surface area contributed by atoms with Crippen molar-refractivity contribution >= 4 is 27.1 Å². The predicted molar refractivity (Wildman–Crippen MR) is 89.1 cm³/mol. The highest BCUT2D eigenvalue weighted by molar-refractivity contribution is 7.89. The number of carbonyl (C=O) groups is 1. The van der Waals surface area contributed by atoms with Gasteiger partial charge in [0.25, 0.3) is 0 Å². The van der Waals surface area contributed by atoms with Gasteiger partial charge < -0.3 is 5.11 Å². The maximum atomic E-state index is 13.0. The van der Waals surface area contributed by atoms with E-state index in [9.17, 15) is 22.7 Å². The highest BCUT2D eigenvalue weighted by Crippen LogP contribution is 2.38. The van der Waals surface area contributed by atoms with Crippen molar-refractivity contribution in [3.8, 4) is 0 Å². The van der Waals surface area contributed by atoms with E-state index in [4.69, 9.17) is 5.14 Å². The summed E-state index contributed by atoms with van der Waals surface area (Å²) in [5.74, 6) is -2.50. The Balaban J connectivity index is 2.05. The van der Waals surface area contributed by atoms with Crippen LogP contribution >= 0.6 is 0 Å². The number of aliphatic carboxylic acids is 1. The topological polar surface area (TPSA) is 110 Å². The molecule has 1 heterocycles. The fourth-order valence-corrected chi connectivity index (χ4v) is 3.11. The van der Waals surface area contributed by atoms with E-state index in [1.807, 2.05) is 0 Å². The second-order valence-electron chi connectivity index (χ2n) is 5.46. The van der Waals surface area contributed by atoms with Crippen LogP contribution in [-0.2, 0) is 14.8 Å². The molecule has 1 aliphatic rings. The van der Waals surface area contributed by atoms with E-state index < -0.39 is 27.9 Å². The van der Waals surface area contributed by atoms with Gasteiger partial charge in [0.15, 0.2) is 0 Å². The van der Waals surface area contributed by atoms with E-state index in [1.54, 1.807) is 24.3 Å². The number of allylic oxidation sites excluding steroid dienone is 2. The number of benzene rings is 1. The number of primary sulfonamides is 1. The van der Waals surface area contributed by atoms with Crippen LogP contribution in [0.1, 0.15) is 11.1 Å². The van der Waals surface area contributed by atoms with Crippen molar-refractivity contribution in [2.24, 2.45) is 11.1 Å². The van der Waals surface area contributed by atoms with Crippen LogP contribution in [0.2, 0.25) is 0 Å². The van der Waals surface area contributed by atoms with Crippen molar-refractivity contribution in [3.63, 3.8) is 0 Å². The Bertz CT molecular complexity index is 994. The van der Waals surface area contributed by atoms with Gasteiger partial charge in [0.1, 0.15) is 0 Å². The number of hydrogen-bond acceptors (Lipinski definition) is 4. The van der Waals surface area contributed by atoms with Crippen LogP contribution in [0.25, 0.3) is 11.1 Å². The van der Waals surface area contributed by atoms with Crippen LogP contribution in [0, 0.1) is 11.9 Å². The normalized spacial score (nSPS) is 17.1. The van der Waals surface area contributed by atoms with Crippen molar-refractivity contribution in [2.45, 2.75) is 4.90 Å². The lowest BCUT2D eigenvalue weighted by Gasteiger charge is -2.10. The second-order valence-corrected chi connectivity index (χ2v) is 7.03. The summed E-state index contributed by atoms with van der Waals surface area (Å²) in [7, 11) is -3.82. The largest absolute Gasteiger partial charge is 0.481 e. The molecule has 0 fully saturated rings. The van der Waals surface area contributed by atoms with Gasteiger partial charge in [0.2, 0.25) is 16.0 Å². The number of pyridine rings is 1. The van der Waals surface area contributed by atoms with Gasteiger partial charge >= 0.3 is 5.97 Å². The number of hydrogen-bond donors (Lipinski definition) is 2. The number of sulfonamides is 1. The quantitative estimate of drug-likeness (QED) is 0.811. The fraction of sp³-hybridized carbons (Fsp3) is 0.0588. The van der Waals surface area contributed by atoms with E-state index in [2.05, 4.69) is 4.98 Å². The van der Waals surface area contributed by atoms with Gasteiger partial charge in [-0.25, -0.2) is 18.5 Å². The van der Waals surface area contributed by atoms with Gasteiger partial charge in [-0.1, -0.05) is 24.3 Å². The second kappa shape index (κ2) is 6.23. The Hall–Kier alpha value is -2.84. The van der Waals surface area contributed by atoms with Crippen LogP contribution in [0.15, 0.2) is 59.6 Å². The van der Waals surface area contributed by atoms with Gasteiger partial charge in [0, 0.05) is 11.8 Å². The first kappa shape index (κ1) is 17.0. The predicted octanol–water partition coefficient (Wildman–Crippen LogP) is 2.05. The lowest BCUT2D eigenvalue weighted by molar-refractivity contribution is -0.138. The molecule has 0 saturated carbocycles. The molecule has 1 aliphatic carbocycles. The first-order chi connectivity index (χ1) is 11.8. The van der Waals surface area contributed by atoms with Crippen molar-refractivity contribution < 1.29 is 22.7 Å². The lowest BCUT2D eigenvalue weighted by atomic mass is 9.96. The standard InChI is InChI=1S/C17H13FN2O4S/c18-16-6-3-11(9-20-16)15-8-12(17(21)22)7-14(15)10-1-4-13(5-2-10)25(19,23)24/h1-9,12H,(H,21,22)(H2,19,23,24). The SMILES string of the molecule is NS(=O)(=O)c1ccc(C2=CC(C(=O)O)C=C2c2ccc(F)nc2)cc1. The Morgan fingerprint density at radius 1 is 1.04 bits per heavy atom. The Kier molecular flexibility index (Phi) is 4.23. The Morgan fingerprint density at radius 2 is 1.60 bits per heavy atom. The number of nitrogens with two attached hydrogens (primary N) is 1. The molecular formula is C17H13FN2O4S. The molecule has 8 heteroatoms. The van der Waals surface area contributed by atoms with Crippen molar-refractivity contribution in [2.75, 3.05) is 0 Å². The number of nitrogens with zero attached hydrogens (tertiary/aromatic N) is 1. The molecule has 2 aromatic rings. The Labute approximate surface area is 143 Å². The molecule has 0 radical (unpaired) electrons. The summed E-state index contributed by atoms with van der Waals surface area (Å²) in [5.41, 5.74) is 2.36. The Morgan fingerprint density at radius 3 is 2.08 bits per heavy atom. The van der Waals surface area contributed by atoms with Crippen LogP contribution in [0.4, 0.5) is 4.39 Å². The number of carboxylic acids is 1. The van der Waals surface area contributed by atoms with Gasteiger partial charge in [-0.3, -0.25) is 4.79 Å². The summed E-state index contributed by atoms with van der Waals surface area (Å²) in [6, 6.07) is 8.47. The van der Waals surface area contributed by atoms with Crippen LogP contribution in [-0.4, -0.2) is 24.5 Å². The third kappa shape index (κ3) is 3.49. The van der Waals surface area contributed by atoms with Gasteiger partial charge in [-0.05, 0) is 41.0 Å². The molecule has 3 rings (SSSR count). The maximum absolute atomic E-state index is 13.0. The first-order valence-electron chi connectivity index (χ1n) is 7.18. The van der Waals surface area contributed by atoms with Crippen molar-refractivity contribution in [1.82, 2.24) is 4.98 Å². The fourth-order valence-electron chi connectivity index (χ4n) is 2.59. The smallest absolute Gasteiger partial charge is 0.314 e. The summed E-state index contributed by atoms with van der Waals surface area (Å²) >= 11 is 0. The minimum atomic E-state index is -3.82. The maximum Gasteiger partial charge on any atom is 0.314 e. The van der Waals surface area contributed by atoms with Crippen LogP contribution < -0.4 is 5.14 Å². The number of aromatic nitrogens is 1. The van der Waals surface area contributed by atoms with E-state index >= 15 is 0 Å². The van der Waals surface area contributed by atoms with Crippen molar-refractivity contribution in [1.29, 1.82) is 0 Å². The van der Waals surface area contributed by atoms with Gasteiger partial charge in [-0.2, -0.15) is 4.39 Å². The zero-order valence-corrected chi connectivity index (χ0v) is 13.6. The van der Waals surface area contributed by atoms with Crippen molar-refractivity contribution in [3.05, 3.63) is 71.8 Å². The summed E-state index contributed by atoms with van der Waals surface area (Å²) < 4.78 is 35.8. The minimum absolute atomic E-state index is 0.0430. The molecule has 0 spiro atoms. The van der Waals surface area contributed by atoms with Gasteiger partial charge in [0.05, 0.1) is 10.8 Å². The molecule has 0 saturated heterocycles. The number of halogens is 1.